The van der Waals surface area contributed by atoms with Crippen LogP contribution in [0.15, 0.2) is 66.7 Å². The van der Waals surface area contributed by atoms with Crippen LogP contribution in [0.3, 0.4) is 0 Å². The molecule has 4 amide bonds. The maximum Gasteiger partial charge on any atom is 0.322 e. The summed E-state index contributed by atoms with van der Waals surface area (Å²) in [7, 11) is 1.52. The maximum atomic E-state index is 13.1. The van der Waals surface area contributed by atoms with Gasteiger partial charge < -0.3 is 19.7 Å². The second kappa shape index (κ2) is 8.18. The van der Waals surface area contributed by atoms with Crippen LogP contribution in [0.1, 0.15) is 21.5 Å². The molecule has 3 aromatic rings. The first-order valence-electron chi connectivity index (χ1n) is 10.5. The molecule has 1 fully saturated rings. The van der Waals surface area contributed by atoms with E-state index in [1.165, 1.54) is 36.3 Å². The Balaban J connectivity index is 1.42. The number of imide groups is 1. The number of nitrogens with zero attached hydrogens (tertiary/aromatic N) is 1. The van der Waals surface area contributed by atoms with Gasteiger partial charge in [0.05, 0.1) is 13.7 Å². The number of carbonyl (C=O) groups is 3. The lowest BCUT2D eigenvalue weighted by Gasteiger charge is -2.31. The van der Waals surface area contributed by atoms with Crippen molar-refractivity contribution in [2.24, 2.45) is 0 Å². The minimum absolute atomic E-state index is 0.0570. The first kappa shape index (κ1) is 21.4. The minimum Gasteiger partial charge on any atom is -0.497 e. The molecule has 0 unspecified atom stereocenters. The molecular weight excluding hydrogens is 441 g/mol. The number of benzene rings is 3. The Labute approximate surface area is 194 Å². The van der Waals surface area contributed by atoms with Crippen LogP contribution in [0.25, 0.3) is 0 Å². The zero-order valence-corrected chi connectivity index (χ0v) is 18.1. The van der Waals surface area contributed by atoms with Gasteiger partial charge in [0.25, 0.3) is 11.8 Å². The zero-order valence-electron chi connectivity index (χ0n) is 18.1. The zero-order chi connectivity index (χ0) is 23.9. The summed E-state index contributed by atoms with van der Waals surface area (Å²) in [5.74, 6) is 0.306. The third kappa shape index (κ3) is 3.71. The molecule has 2 aliphatic rings. The van der Waals surface area contributed by atoms with Crippen LogP contribution in [0.2, 0.25) is 0 Å². The Bertz CT molecular complexity index is 1290. The van der Waals surface area contributed by atoms with Gasteiger partial charge in [0, 0.05) is 12.1 Å². The lowest BCUT2D eigenvalue weighted by atomic mass is 9.89. The second-order valence-electron chi connectivity index (χ2n) is 8.08. The van der Waals surface area contributed by atoms with Crippen LogP contribution in [-0.2, 0) is 16.9 Å². The molecule has 2 aliphatic heterocycles. The van der Waals surface area contributed by atoms with Crippen LogP contribution in [0.5, 0.6) is 17.2 Å². The summed E-state index contributed by atoms with van der Waals surface area (Å²) in [5, 5.41) is 4.99. The molecule has 172 valence electrons. The molecule has 9 heteroatoms. The van der Waals surface area contributed by atoms with Gasteiger partial charge in [-0.3, -0.25) is 14.9 Å². The highest BCUT2D eigenvalue weighted by Gasteiger charge is 2.50. The van der Waals surface area contributed by atoms with Gasteiger partial charge in [0.2, 0.25) is 0 Å². The number of ether oxygens (including phenoxy) is 2. The molecule has 0 aliphatic carbocycles. The molecule has 0 radical (unpaired) electrons. The Kier molecular flexibility index (Phi) is 5.16. The van der Waals surface area contributed by atoms with E-state index >= 15 is 0 Å². The molecule has 8 nitrogen and oxygen atoms in total. The lowest BCUT2D eigenvalue weighted by molar-refractivity contribution is -0.124. The molecule has 0 spiro atoms. The highest BCUT2D eigenvalue weighted by molar-refractivity contribution is 6.08. The molecule has 2 N–H and O–H groups in total. The van der Waals surface area contributed by atoms with Crippen LogP contribution in [0.4, 0.5) is 9.18 Å². The number of methoxy groups -OCH3 is 1. The molecule has 5 rings (SSSR count). The second-order valence-corrected chi connectivity index (χ2v) is 8.08. The van der Waals surface area contributed by atoms with E-state index in [-0.39, 0.29) is 18.3 Å². The van der Waals surface area contributed by atoms with Crippen LogP contribution >= 0.6 is 0 Å². The topological polar surface area (TPSA) is 97.0 Å². The molecule has 0 aromatic heterocycles. The van der Waals surface area contributed by atoms with Crippen molar-refractivity contribution in [2.45, 2.75) is 12.1 Å². The monoisotopic (exact) mass is 461 g/mol. The van der Waals surface area contributed by atoms with Gasteiger partial charge in [-0.25, -0.2) is 9.18 Å². The average Bonchev–Trinajstić information content (AvgIpc) is 3.30. The summed E-state index contributed by atoms with van der Waals surface area (Å²) >= 11 is 0. The number of urea groups is 1. The van der Waals surface area contributed by atoms with Crippen molar-refractivity contribution in [1.29, 1.82) is 0 Å². The van der Waals surface area contributed by atoms with E-state index in [4.69, 9.17) is 9.47 Å². The highest BCUT2D eigenvalue weighted by atomic mass is 19.1. The van der Waals surface area contributed by atoms with Gasteiger partial charge in [-0.05, 0) is 59.7 Å². The third-order valence-electron chi connectivity index (χ3n) is 5.96. The van der Waals surface area contributed by atoms with Crippen molar-refractivity contribution >= 4 is 17.8 Å². The molecule has 34 heavy (non-hydrogen) atoms. The number of fused-ring (bicyclic) bond motifs is 1. The maximum absolute atomic E-state index is 13.1. The van der Waals surface area contributed by atoms with Gasteiger partial charge >= 0.3 is 6.03 Å². The first-order chi connectivity index (χ1) is 16.4. The summed E-state index contributed by atoms with van der Waals surface area (Å²) in [6.07, 6.45) is 0. The van der Waals surface area contributed by atoms with Crippen molar-refractivity contribution in [2.75, 3.05) is 13.7 Å². The van der Waals surface area contributed by atoms with Gasteiger partial charge in [0.15, 0.2) is 5.54 Å². The molecular formula is C25H20FN3O5. The number of amides is 4. The van der Waals surface area contributed by atoms with Gasteiger partial charge in [0.1, 0.15) is 23.1 Å². The van der Waals surface area contributed by atoms with Crippen molar-refractivity contribution in [3.63, 3.8) is 0 Å². The largest absolute Gasteiger partial charge is 0.497 e. The number of hydrogen-bond acceptors (Lipinski definition) is 5. The normalized spacial score (nSPS) is 19.0. The number of nitrogens with one attached hydrogen (secondary N) is 2. The molecule has 0 saturated carbocycles. The molecule has 1 saturated heterocycles. The van der Waals surface area contributed by atoms with E-state index in [1.807, 2.05) is 6.07 Å². The standard InChI is InChI=1S/C25H20FN3O5/c1-33-20-7-2-15-13-29(22(30)21(15)12-20)14-25(23(31)27-24(32)28-25)16-3-8-18(9-4-16)34-19-10-5-17(26)6-11-19/h2-12H,13-14H2,1H3,(H2,27,28,31,32)/t25-/m0/s1. The van der Waals surface area contributed by atoms with Crippen molar-refractivity contribution in [3.05, 3.63) is 89.2 Å². The van der Waals surface area contributed by atoms with Crippen LogP contribution in [-0.4, -0.2) is 36.4 Å². The van der Waals surface area contributed by atoms with E-state index < -0.39 is 17.5 Å². The van der Waals surface area contributed by atoms with Crippen molar-refractivity contribution in [3.8, 4) is 17.2 Å². The van der Waals surface area contributed by atoms with Crippen LogP contribution in [0, 0.1) is 5.82 Å². The fraction of sp³-hybridized carbons (Fsp3) is 0.160. The average molecular weight is 461 g/mol. The number of hydrogen-bond donors (Lipinski definition) is 2. The molecule has 1 atom stereocenters. The van der Waals surface area contributed by atoms with E-state index in [1.54, 1.807) is 36.4 Å². The summed E-state index contributed by atoms with van der Waals surface area (Å²) in [5.41, 5.74) is 0.340. The summed E-state index contributed by atoms with van der Waals surface area (Å²) < 4.78 is 24.0. The Morgan fingerprint density at radius 3 is 2.21 bits per heavy atom. The Hall–Kier alpha value is -4.40. The first-order valence-corrected chi connectivity index (χ1v) is 10.5. The van der Waals surface area contributed by atoms with Crippen molar-refractivity contribution < 1.29 is 28.2 Å². The van der Waals surface area contributed by atoms with Crippen LogP contribution < -0.4 is 20.1 Å². The summed E-state index contributed by atoms with van der Waals surface area (Å²) in [6.45, 7) is 0.243. The number of rotatable bonds is 6. The fourth-order valence-electron chi connectivity index (χ4n) is 4.23. The smallest absolute Gasteiger partial charge is 0.322 e. The Morgan fingerprint density at radius 2 is 1.59 bits per heavy atom. The molecule has 0 bridgehead atoms. The molecule has 2 heterocycles. The lowest BCUT2D eigenvalue weighted by Crippen LogP contribution is -2.52. The van der Waals surface area contributed by atoms with E-state index in [0.717, 1.165) is 5.56 Å². The quantitative estimate of drug-likeness (QED) is 0.549. The third-order valence-corrected chi connectivity index (χ3v) is 5.96. The van der Waals surface area contributed by atoms with E-state index in [0.29, 0.717) is 34.9 Å². The van der Waals surface area contributed by atoms with Gasteiger partial charge in [-0.15, -0.1) is 0 Å². The van der Waals surface area contributed by atoms with E-state index in [2.05, 4.69) is 10.6 Å². The fourth-order valence-corrected chi connectivity index (χ4v) is 4.23. The number of carbonyl (C=O) groups excluding carboxylic acids is 3. The predicted molar refractivity (Wildman–Crippen MR) is 119 cm³/mol. The summed E-state index contributed by atoms with van der Waals surface area (Å²) in [6, 6.07) is 16.8. The SMILES string of the molecule is COc1ccc2c(c1)C(=O)N(C[C@@]1(c3ccc(Oc4ccc(F)cc4)cc3)NC(=O)NC1=O)C2. The summed E-state index contributed by atoms with van der Waals surface area (Å²) in [4.78, 5) is 39.7. The predicted octanol–water partition coefficient (Wildman–Crippen LogP) is 3.32. The van der Waals surface area contributed by atoms with Gasteiger partial charge in [-0.1, -0.05) is 18.2 Å². The van der Waals surface area contributed by atoms with Crippen molar-refractivity contribution in [1.82, 2.24) is 15.5 Å². The highest BCUT2D eigenvalue weighted by Crippen LogP contribution is 2.33. The molecule has 3 aromatic carbocycles. The number of halogens is 1. The minimum atomic E-state index is -1.47. The van der Waals surface area contributed by atoms with Gasteiger partial charge in [-0.2, -0.15) is 0 Å². The van der Waals surface area contributed by atoms with E-state index in [9.17, 15) is 18.8 Å². The Morgan fingerprint density at radius 1 is 0.941 bits per heavy atom.